The molecule has 1 aromatic carbocycles. The summed E-state index contributed by atoms with van der Waals surface area (Å²) < 4.78 is 17.1. The molecular formula is C21H17BrN2O5S. The molecule has 9 heteroatoms. The van der Waals surface area contributed by atoms with Crippen LogP contribution in [0.4, 0.5) is 5.00 Å². The lowest BCUT2D eigenvalue weighted by molar-refractivity contribution is 0.0531. The first-order valence-electron chi connectivity index (χ1n) is 8.92. The number of thiophene rings is 1. The van der Waals surface area contributed by atoms with E-state index in [1.54, 1.807) is 19.9 Å². The Morgan fingerprint density at radius 1 is 1.30 bits per heavy atom. The third kappa shape index (κ3) is 4.90. The number of halogens is 1. The van der Waals surface area contributed by atoms with E-state index >= 15 is 0 Å². The molecule has 30 heavy (non-hydrogen) atoms. The van der Waals surface area contributed by atoms with Crippen molar-refractivity contribution in [2.75, 3.05) is 11.9 Å². The van der Waals surface area contributed by atoms with Crippen molar-refractivity contribution in [2.24, 2.45) is 0 Å². The van der Waals surface area contributed by atoms with E-state index in [0.29, 0.717) is 17.1 Å². The summed E-state index contributed by atoms with van der Waals surface area (Å²) in [7, 11) is 0. The number of furan rings is 1. The molecule has 0 aliphatic carbocycles. The number of anilines is 1. The van der Waals surface area contributed by atoms with Crippen LogP contribution < -0.4 is 10.1 Å². The van der Waals surface area contributed by atoms with Crippen LogP contribution in [0.3, 0.4) is 0 Å². The van der Waals surface area contributed by atoms with Crippen LogP contribution in [0.15, 0.2) is 45.3 Å². The summed E-state index contributed by atoms with van der Waals surface area (Å²) in [6.07, 6.45) is 0. The lowest BCUT2D eigenvalue weighted by Gasteiger charge is -2.04. The Labute approximate surface area is 185 Å². The van der Waals surface area contributed by atoms with Gasteiger partial charge in [0, 0.05) is 4.47 Å². The highest BCUT2D eigenvalue weighted by molar-refractivity contribution is 9.10. The predicted molar refractivity (Wildman–Crippen MR) is 115 cm³/mol. The summed E-state index contributed by atoms with van der Waals surface area (Å²) in [5.41, 5.74) is 0.694. The summed E-state index contributed by atoms with van der Waals surface area (Å²) in [5.74, 6) is 0.135. The quantitative estimate of drug-likeness (QED) is 0.453. The molecule has 2 aromatic heterocycles. The lowest BCUT2D eigenvalue weighted by atomic mass is 10.2. The highest BCUT2D eigenvalue weighted by Crippen LogP contribution is 2.33. The van der Waals surface area contributed by atoms with E-state index in [4.69, 9.17) is 13.9 Å². The number of hydrogen-bond acceptors (Lipinski definition) is 7. The van der Waals surface area contributed by atoms with Crippen molar-refractivity contribution in [3.8, 4) is 11.8 Å². The lowest BCUT2D eigenvalue weighted by Crippen LogP contribution is -2.10. The van der Waals surface area contributed by atoms with Gasteiger partial charge in [0.15, 0.2) is 5.76 Å². The highest BCUT2D eigenvalue weighted by Gasteiger charge is 2.23. The number of benzene rings is 1. The van der Waals surface area contributed by atoms with Crippen molar-refractivity contribution in [3.05, 3.63) is 68.4 Å². The molecule has 1 amide bonds. The number of esters is 1. The molecule has 2 heterocycles. The maximum Gasteiger partial charge on any atom is 0.348 e. The first-order chi connectivity index (χ1) is 14.4. The number of rotatable bonds is 7. The van der Waals surface area contributed by atoms with Crippen molar-refractivity contribution < 1.29 is 23.5 Å². The average Bonchev–Trinajstić information content (AvgIpc) is 3.31. The number of carbonyl (C=O) groups is 2. The van der Waals surface area contributed by atoms with E-state index in [1.165, 1.54) is 6.07 Å². The number of nitrogens with one attached hydrogen (secondary N) is 1. The second-order valence-corrected chi connectivity index (χ2v) is 8.00. The highest BCUT2D eigenvalue weighted by atomic mass is 79.9. The van der Waals surface area contributed by atoms with Gasteiger partial charge in [-0.25, -0.2) is 4.79 Å². The van der Waals surface area contributed by atoms with Crippen LogP contribution in [0.5, 0.6) is 5.75 Å². The molecule has 0 aliphatic heterocycles. The maximum absolute atomic E-state index is 12.6. The minimum absolute atomic E-state index is 0.0652. The molecule has 0 aliphatic rings. The van der Waals surface area contributed by atoms with Gasteiger partial charge in [0.25, 0.3) is 5.91 Å². The fourth-order valence-corrected chi connectivity index (χ4v) is 4.01. The van der Waals surface area contributed by atoms with Crippen LogP contribution in [0.1, 0.15) is 44.0 Å². The molecule has 3 aromatic rings. The molecule has 0 saturated heterocycles. The van der Waals surface area contributed by atoms with Crippen LogP contribution in [-0.2, 0) is 11.3 Å². The van der Waals surface area contributed by atoms with Gasteiger partial charge in [-0.05, 0) is 49.7 Å². The van der Waals surface area contributed by atoms with Crippen LogP contribution in [-0.4, -0.2) is 18.5 Å². The first kappa shape index (κ1) is 21.6. The molecule has 7 nitrogen and oxygen atoms in total. The number of nitrogens with zero attached hydrogens (tertiary/aromatic N) is 1. The monoisotopic (exact) mass is 488 g/mol. The van der Waals surface area contributed by atoms with Gasteiger partial charge in [0.1, 0.15) is 34.1 Å². The van der Waals surface area contributed by atoms with Crippen molar-refractivity contribution >= 4 is 44.1 Å². The molecule has 3 rings (SSSR count). The number of nitriles is 1. The average molecular weight is 489 g/mol. The van der Waals surface area contributed by atoms with Gasteiger partial charge in [-0.2, -0.15) is 5.26 Å². The largest absolute Gasteiger partial charge is 0.486 e. The SMILES string of the molecule is CCOC(=O)c1sc(NC(=O)c2ccc(COc3cccc(Br)c3)o2)c(C#N)c1C. The number of amides is 1. The van der Waals surface area contributed by atoms with E-state index in [-0.39, 0.29) is 34.4 Å². The second-order valence-electron chi connectivity index (χ2n) is 6.06. The summed E-state index contributed by atoms with van der Waals surface area (Å²) in [6.45, 7) is 3.71. The van der Waals surface area contributed by atoms with E-state index < -0.39 is 11.9 Å². The third-order valence-electron chi connectivity index (χ3n) is 4.01. The Morgan fingerprint density at radius 2 is 2.10 bits per heavy atom. The Hall–Kier alpha value is -3.09. The van der Waals surface area contributed by atoms with Gasteiger partial charge < -0.3 is 19.2 Å². The summed E-state index contributed by atoms with van der Waals surface area (Å²) in [4.78, 5) is 24.9. The second kappa shape index (κ2) is 9.61. The van der Waals surface area contributed by atoms with Crippen LogP contribution in [0.25, 0.3) is 0 Å². The summed E-state index contributed by atoms with van der Waals surface area (Å²) in [5, 5.41) is 12.3. The predicted octanol–water partition coefficient (Wildman–Crippen LogP) is 5.29. The zero-order chi connectivity index (χ0) is 21.7. The number of ether oxygens (including phenoxy) is 2. The first-order valence-corrected chi connectivity index (χ1v) is 10.5. The normalized spacial score (nSPS) is 10.3. The van der Waals surface area contributed by atoms with Gasteiger partial charge in [-0.1, -0.05) is 22.0 Å². The van der Waals surface area contributed by atoms with Gasteiger partial charge in [-0.3, -0.25) is 4.79 Å². The zero-order valence-corrected chi connectivity index (χ0v) is 18.6. The minimum atomic E-state index is -0.531. The molecule has 1 N–H and O–H groups in total. The maximum atomic E-state index is 12.6. The molecular weight excluding hydrogens is 472 g/mol. The minimum Gasteiger partial charge on any atom is -0.486 e. The molecule has 0 saturated carbocycles. The van der Waals surface area contributed by atoms with Crippen molar-refractivity contribution in [3.63, 3.8) is 0 Å². The van der Waals surface area contributed by atoms with Crippen LogP contribution >= 0.6 is 27.3 Å². The third-order valence-corrected chi connectivity index (χ3v) is 5.69. The van der Waals surface area contributed by atoms with Crippen LogP contribution in [0, 0.1) is 18.3 Å². The van der Waals surface area contributed by atoms with Gasteiger partial charge >= 0.3 is 5.97 Å². The van der Waals surface area contributed by atoms with Gasteiger partial charge in [-0.15, -0.1) is 11.3 Å². The zero-order valence-electron chi connectivity index (χ0n) is 16.2. The van der Waals surface area contributed by atoms with E-state index in [1.807, 2.05) is 30.3 Å². The fourth-order valence-electron chi connectivity index (χ4n) is 2.58. The summed E-state index contributed by atoms with van der Waals surface area (Å²) in [6, 6.07) is 12.5. The van der Waals surface area contributed by atoms with E-state index in [2.05, 4.69) is 21.2 Å². The molecule has 154 valence electrons. The standard InChI is InChI=1S/C21H17BrN2O5S/c1-3-27-21(26)18-12(2)16(10-23)20(30-18)24-19(25)17-8-7-15(29-17)11-28-14-6-4-5-13(22)9-14/h4-9H,3,11H2,1-2H3,(H,24,25). The fraction of sp³-hybridized carbons (Fsp3) is 0.190. The summed E-state index contributed by atoms with van der Waals surface area (Å²) >= 11 is 4.37. The Kier molecular flexibility index (Phi) is 6.92. The van der Waals surface area contributed by atoms with E-state index in [0.717, 1.165) is 15.8 Å². The molecule has 0 atom stereocenters. The Balaban J connectivity index is 1.70. The van der Waals surface area contributed by atoms with Crippen molar-refractivity contribution in [2.45, 2.75) is 20.5 Å². The molecule has 0 fully saturated rings. The van der Waals surface area contributed by atoms with Gasteiger partial charge in [0.05, 0.1) is 12.2 Å². The van der Waals surface area contributed by atoms with Crippen molar-refractivity contribution in [1.29, 1.82) is 5.26 Å². The smallest absolute Gasteiger partial charge is 0.348 e. The number of carbonyl (C=O) groups excluding carboxylic acids is 2. The Morgan fingerprint density at radius 3 is 2.80 bits per heavy atom. The number of hydrogen-bond donors (Lipinski definition) is 1. The molecule has 0 unspecified atom stereocenters. The molecule has 0 bridgehead atoms. The van der Waals surface area contributed by atoms with Gasteiger partial charge in [0.2, 0.25) is 0 Å². The van der Waals surface area contributed by atoms with Crippen LogP contribution in [0.2, 0.25) is 0 Å². The van der Waals surface area contributed by atoms with E-state index in [9.17, 15) is 14.9 Å². The topological polar surface area (TPSA) is 102 Å². The molecule has 0 spiro atoms. The van der Waals surface area contributed by atoms with Crippen molar-refractivity contribution in [1.82, 2.24) is 0 Å². The Bertz CT molecular complexity index is 1130. The molecule has 0 radical (unpaired) electrons.